The monoisotopic (exact) mass is 341 g/mol. The maximum atomic E-state index is 12.3. The van der Waals surface area contributed by atoms with Gasteiger partial charge in [-0.3, -0.25) is 4.79 Å². The Kier molecular flexibility index (Phi) is 4.08. The number of carbonyl (C=O) groups excluding carboxylic acids is 1. The maximum Gasteiger partial charge on any atom is 0.270 e. The zero-order valence-electron chi connectivity index (χ0n) is 13.5. The van der Waals surface area contributed by atoms with Gasteiger partial charge in [0.25, 0.3) is 5.91 Å². The summed E-state index contributed by atoms with van der Waals surface area (Å²) in [6.07, 6.45) is 2.23. The van der Waals surface area contributed by atoms with Crippen molar-refractivity contribution in [1.29, 1.82) is 0 Å². The Morgan fingerprint density at radius 2 is 2.33 bits per heavy atom. The molecule has 24 heavy (non-hydrogen) atoms. The molecule has 0 saturated carbocycles. The molecular formula is C18H19N3O2S. The Bertz CT molecular complexity index is 877. The number of rotatable bonds is 4. The number of aromatic nitrogens is 2. The number of aryl methyl sites for hydroxylation is 1. The van der Waals surface area contributed by atoms with Crippen molar-refractivity contribution in [2.75, 3.05) is 13.2 Å². The van der Waals surface area contributed by atoms with E-state index in [0.717, 1.165) is 35.7 Å². The number of benzene rings is 1. The van der Waals surface area contributed by atoms with E-state index in [2.05, 4.69) is 33.1 Å². The van der Waals surface area contributed by atoms with Crippen molar-refractivity contribution in [2.24, 2.45) is 7.05 Å². The molecule has 1 aliphatic heterocycles. The lowest BCUT2D eigenvalue weighted by molar-refractivity contribution is 0.0854. The van der Waals surface area contributed by atoms with Crippen LogP contribution in [0.4, 0.5) is 0 Å². The highest BCUT2D eigenvalue weighted by molar-refractivity contribution is 7.13. The Balaban J connectivity index is 1.53. The molecule has 5 nitrogen and oxygen atoms in total. The van der Waals surface area contributed by atoms with Crippen LogP contribution >= 0.6 is 11.3 Å². The SMILES string of the molecule is Cn1c(-c2nc(C(=O)NCC3CCCO3)cs2)cc2ccccc21. The number of fused-ring (bicyclic) bond motifs is 1. The third-order valence-electron chi connectivity index (χ3n) is 4.42. The third-order valence-corrected chi connectivity index (χ3v) is 5.29. The summed E-state index contributed by atoms with van der Waals surface area (Å²) in [7, 11) is 2.02. The van der Waals surface area contributed by atoms with E-state index >= 15 is 0 Å². The molecule has 1 N–H and O–H groups in total. The van der Waals surface area contributed by atoms with Crippen LogP contribution in [-0.4, -0.2) is 34.7 Å². The molecule has 1 saturated heterocycles. The lowest BCUT2D eigenvalue weighted by atomic mass is 10.2. The number of para-hydroxylation sites is 1. The average Bonchev–Trinajstić information content (AvgIpc) is 3.33. The van der Waals surface area contributed by atoms with Crippen LogP contribution in [-0.2, 0) is 11.8 Å². The first-order valence-corrected chi connectivity index (χ1v) is 9.00. The molecule has 1 amide bonds. The average molecular weight is 341 g/mol. The highest BCUT2D eigenvalue weighted by Gasteiger charge is 2.19. The lowest BCUT2D eigenvalue weighted by Gasteiger charge is -2.09. The molecule has 1 unspecified atom stereocenters. The van der Waals surface area contributed by atoms with Crippen molar-refractivity contribution in [1.82, 2.24) is 14.9 Å². The van der Waals surface area contributed by atoms with Gasteiger partial charge in [-0.05, 0) is 25.0 Å². The Morgan fingerprint density at radius 1 is 1.46 bits per heavy atom. The normalized spacial score (nSPS) is 17.5. The highest BCUT2D eigenvalue weighted by atomic mass is 32.1. The van der Waals surface area contributed by atoms with Crippen LogP contribution in [0.2, 0.25) is 0 Å². The number of nitrogens with zero attached hydrogens (tertiary/aromatic N) is 2. The van der Waals surface area contributed by atoms with E-state index in [9.17, 15) is 4.79 Å². The fourth-order valence-corrected chi connectivity index (χ4v) is 3.94. The molecule has 1 fully saturated rings. The van der Waals surface area contributed by atoms with Gasteiger partial charge >= 0.3 is 0 Å². The van der Waals surface area contributed by atoms with Crippen molar-refractivity contribution in [3.05, 3.63) is 41.4 Å². The number of thiazole rings is 1. The zero-order chi connectivity index (χ0) is 16.5. The smallest absolute Gasteiger partial charge is 0.270 e. The Hall–Kier alpha value is -2.18. The lowest BCUT2D eigenvalue weighted by Crippen LogP contribution is -2.31. The summed E-state index contributed by atoms with van der Waals surface area (Å²) in [6, 6.07) is 10.3. The summed E-state index contributed by atoms with van der Waals surface area (Å²) in [5.41, 5.74) is 2.66. The van der Waals surface area contributed by atoms with Gasteiger partial charge in [0.15, 0.2) is 0 Å². The molecule has 0 radical (unpaired) electrons. The summed E-state index contributed by atoms with van der Waals surface area (Å²) in [6.45, 7) is 1.35. The molecule has 2 aromatic heterocycles. The highest BCUT2D eigenvalue weighted by Crippen LogP contribution is 2.29. The molecule has 1 aromatic carbocycles. The van der Waals surface area contributed by atoms with Crippen LogP contribution in [0.5, 0.6) is 0 Å². The summed E-state index contributed by atoms with van der Waals surface area (Å²) >= 11 is 1.49. The molecule has 6 heteroatoms. The number of hydrogen-bond acceptors (Lipinski definition) is 4. The second-order valence-corrected chi connectivity index (χ2v) is 6.89. The zero-order valence-corrected chi connectivity index (χ0v) is 14.3. The van der Waals surface area contributed by atoms with E-state index < -0.39 is 0 Å². The number of carbonyl (C=O) groups is 1. The molecule has 0 spiro atoms. The summed E-state index contributed by atoms with van der Waals surface area (Å²) in [4.78, 5) is 16.8. The molecule has 0 aliphatic carbocycles. The summed E-state index contributed by atoms with van der Waals surface area (Å²) < 4.78 is 7.64. The first kappa shape index (κ1) is 15.4. The molecule has 3 aromatic rings. The van der Waals surface area contributed by atoms with Gasteiger partial charge in [-0.25, -0.2) is 4.98 Å². The minimum absolute atomic E-state index is 0.133. The molecule has 3 heterocycles. The van der Waals surface area contributed by atoms with Crippen LogP contribution in [0.3, 0.4) is 0 Å². The molecule has 1 aliphatic rings. The summed E-state index contributed by atoms with van der Waals surface area (Å²) in [5.74, 6) is -0.133. The number of nitrogens with one attached hydrogen (secondary N) is 1. The largest absolute Gasteiger partial charge is 0.376 e. The number of amides is 1. The van der Waals surface area contributed by atoms with Gasteiger partial charge < -0.3 is 14.6 Å². The molecular weight excluding hydrogens is 322 g/mol. The van der Waals surface area contributed by atoms with E-state index in [4.69, 9.17) is 4.74 Å². The first-order valence-electron chi connectivity index (χ1n) is 8.12. The van der Waals surface area contributed by atoms with Crippen LogP contribution in [0.1, 0.15) is 23.3 Å². The van der Waals surface area contributed by atoms with Crippen molar-refractivity contribution in [2.45, 2.75) is 18.9 Å². The number of ether oxygens (including phenoxy) is 1. The van der Waals surface area contributed by atoms with Crippen LogP contribution in [0.25, 0.3) is 21.6 Å². The third kappa shape index (κ3) is 2.83. The van der Waals surface area contributed by atoms with Crippen molar-refractivity contribution in [3.63, 3.8) is 0 Å². The van der Waals surface area contributed by atoms with Crippen molar-refractivity contribution < 1.29 is 9.53 Å². The van der Waals surface area contributed by atoms with Gasteiger partial charge in [-0.15, -0.1) is 11.3 Å². The Labute approximate surface area is 144 Å². The van der Waals surface area contributed by atoms with E-state index in [1.807, 2.05) is 24.6 Å². The fraction of sp³-hybridized carbons (Fsp3) is 0.333. The van der Waals surface area contributed by atoms with Crippen LogP contribution in [0, 0.1) is 0 Å². The van der Waals surface area contributed by atoms with Crippen LogP contribution < -0.4 is 5.32 Å². The van der Waals surface area contributed by atoms with E-state index in [1.165, 1.54) is 16.7 Å². The van der Waals surface area contributed by atoms with Crippen molar-refractivity contribution >= 4 is 28.1 Å². The molecule has 0 bridgehead atoms. The maximum absolute atomic E-state index is 12.3. The predicted octanol–water partition coefficient (Wildman–Crippen LogP) is 3.21. The first-order chi connectivity index (χ1) is 11.7. The van der Waals surface area contributed by atoms with Gasteiger partial charge in [0.05, 0.1) is 11.8 Å². The second kappa shape index (κ2) is 6.37. The number of hydrogen-bond donors (Lipinski definition) is 1. The Morgan fingerprint density at radius 3 is 3.12 bits per heavy atom. The quantitative estimate of drug-likeness (QED) is 0.793. The van der Waals surface area contributed by atoms with Gasteiger partial charge in [-0.1, -0.05) is 18.2 Å². The standard InChI is InChI=1S/C18H19N3O2S/c1-21-15-7-3-2-5-12(15)9-16(21)18-20-14(11-24-18)17(22)19-10-13-6-4-8-23-13/h2-3,5,7,9,11,13H,4,6,8,10H2,1H3,(H,19,22). The van der Waals surface area contributed by atoms with Gasteiger partial charge in [0, 0.05) is 36.5 Å². The van der Waals surface area contributed by atoms with Crippen LogP contribution in [0.15, 0.2) is 35.7 Å². The van der Waals surface area contributed by atoms with Gasteiger partial charge in [-0.2, -0.15) is 0 Å². The van der Waals surface area contributed by atoms with Crippen molar-refractivity contribution in [3.8, 4) is 10.7 Å². The minimum Gasteiger partial charge on any atom is -0.376 e. The van der Waals surface area contributed by atoms with Gasteiger partial charge in [0.2, 0.25) is 0 Å². The van der Waals surface area contributed by atoms with E-state index in [1.54, 1.807) is 0 Å². The fourth-order valence-electron chi connectivity index (χ4n) is 3.09. The topological polar surface area (TPSA) is 56.2 Å². The second-order valence-electron chi connectivity index (χ2n) is 6.03. The van der Waals surface area contributed by atoms with Gasteiger partial charge in [0.1, 0.15) is 10.7 Å². The summed E-state index contributed by atoms with van der Waals surface area (Å²) in [5, 5.41) is 6.77. The molecule has 1 atom stereocenters. The van der Waals surface area contributed by atoms with E-state index in [0.29, 0.717) is 12.2 Å². The molecule has 124 valence electrons. The molecule has 4 rings (SSSR count). The minimum atomic E-state index is -0.133. The van der Waals surface area contributed by atoms with E-state index in [-0.39, 0.29) is 12.0 Å². The predicted molar refractivity (Wildman–Crippen MR) is 95.3 cm³/mol.